The van der Waals surface area contributed by atoms with E-state index in [1.807, 2.05) is 30.3 Å². The van der Waals surface area contributed by atoms with Gasteiger partial charge in [0.25, 0.3) is 0 Å². The fraction of sp³-hybridized carbons (Fsp3) is 0.308. The van der Waals surface area contributed by atoms with Gasteiger partial charge in [-0.2, -0.15) is 0 Å². The molecule has 1 aliphatic rings. The topological polar surface area (TPSA) is 52.0 Å². The van der Waals surface area contributed by atoms with Crippen LogP contribution in [0.5, 0.6) is 0 Å². The van der Waals surface area contributed by atoms with Gasteiger partial charge in [0, 0.05) is 5.56 Å². The summed E-state index contributed by atoms with van der Waals surface area (Å²) in [5.41, 5.74) is 7.78. The SMILES string of the molecule is NC1(c2nc(-c3ccccc3)co2)CCC1. The molecule has 0 radical (unpaired) electrons. The Morgan fingerprint density at radius 3 is 2.56 bits per heavy atom. The van der Waals surface area contributed by atoms with Crippen molar-refractivity contribution in [3.63, 3.8) is 0 Å². The van der Waals surface area contributed by atoms with Gasteiger partial charge < -0.3 is 10.2 Å². The summed E-state index contributed by atoms with van der Waals surface area (Å²) in [6.45, 7) is 0. The molecule has 3 heteroatoms. The van der Waals surface area contributed by atoms with Crippen LogP contribution in [0.2, 0.25) is 0 Å². The molecule has 0 unspecified atom stereocenters. The number of benzene rings is 1. The van der Waals surface area contributed by atoms with E-state index in [-0.39, 0.29) is 5.54 Å². The average molecular weight is 214 g/mol. The van der Waals surface area contributed by atoms with Gasteiger partial charge in [-0.25, -0.2) is 4.98 Å². The summed E-state index contributed by atoms with van der Waals surface area (Å²) in [7, 11) is 0. The Morgan fingerprint density at radius 2 is 1.94 bits per heavy atom. The normalized spacial score (nSPS) is 18.1. The number of nitrogens with zero attached hydrogens (tertiary/aromatic N) is 1. The number of aromatic nitrogens is 1. The summed E-state index contributed by atoms with van der Waals surface area (Å²) in [5.74, 6) is 0.678. The minimum Gasteiger partial charge on any atom is -0.446 e. The van der Waals surface area contributed by atoms with Gasteiger partial charge in [0.05, 0.1) is 5.54 Å². The molecule has 0 atom stereocenters. The Bertz CT molecular complexity index is 486. The van der Waals surface area contributed by atoms with Gasteiger partial charge in [-0.1, -0.05) is 30.3 Å². The van der Waals surface area contributed by atoms with E-state index in [9.17, 15) is 0 Å². The molecule has 1 aliphatic carbocycles. The highest BCUT2D eigenvalue weighted by Crippen LogP contribution is 2.38. The van der Waals surface area contributed by atoms with Crippen LogP contribution in [0.1, 0.15) is 25.2 Å². The molecule has 0 bridgehead atoms. The van der Waals surface area contributed by atoms with Crippen LogP contribution in [-0.2, 0) is 5.54 Å². The van der Waals surface area contributed by atoms with Gasteiger partial charge in [-0.15, -0.1) is 0 Å². The number of hydrogen-bond donors (Lipinski definition) is 1. The van der Waals surface area contributed by atoms with Crippen molar-refractivity contribution in [3.8, 4) is 11.3 Å². The number of oxazole rings is 1. The van der Waals surface area contributed by atoms with Crippen LogP contribution < -0.4 is 5.73 Å². The lowest BCUT2D eigenvalue weighted by atomic mass is 9.78. The Labute approximate surface area is 94.3 Å². The second kappa shape index (κ2) is 3.46. The third-order valence-corrected chi connectivity index (χ3v) is 3.25. The van der Waals surface area contributed by atoms with Crippen molar-refractivity contribution < 1.29 is 4.42 Å². The van der Waals surface area contributed by atoms with E-state index < -0.39 is 0 Å². The highest BCUT2D eigenvalue weighted by Gasteiger charge is 2.39. The largest absolute Gasteiger partial charge is 0.446 e. The summed E-state index contributed by atoms with van der Waals surface area (Å²) >= 11 is 0. The van der Waals surface area contributed by atoms with E-state index in [1.54, 1.807) is 6.26 Å². The maximum absolute atomic E-state index is 6.16. The van der Waals surface area contributed by atoms with Gasteiger partial charge in [-0.05, 0) is 19.3 Å². The van der Waals surface area contributed by atoms with E-state index in [2.05, 4.69) is 4.98 Å². The molecule has 1 aromatic carbocycles. The van der Waals surface area contributed by atoms with Gasteiger partial charge in [0.15, 0.2) is 0 Å². The minimum absolute atomic E-state index is 0.312. The number of rotatable bonds is 2. The van der Waals surface area contributed by atoms with Crippen LogP contribution in [-0.4, -0.2) is 4.98 Å². The summed E-state index contributed by atoms with van der Waals surface area (Å²) in [6, 6.07) is 10.0. The second-order valence-corrected chi connectivity index (χ2v) is 4.41. The Morgan fingerprint density at radius 1 is 1.19 bits per heavy atom. The van der Waals surface area contributed by atoms with Crippen LogP contribution >= 0.6 is 0 Å². The summed E-state index contributed by atoms with van der Waals surface area (Å²) in [6.07, 6.45) is 4.81. The first-order valence-electron chi connectivity index (χ1n) is 5.58. The second-order valence-electron chi connectivity index (χ2n) is 4.41. The summed E-state index contributed by atoms with van der Waals surface area (Å²) < 4.78 is 5.49. The maximum Gasteiger partial charge on any atom is 0.214 e. The zero-order valence-electron chi connectivity index (χ0n) is 9.02. The molecule has 2 aromatic rings. The van der Waals surface area contributed by atoms with E-state index in [0.717, 1.165) is 24.1 Å². The standard InChI is InChI=1S/C13H14N2O/c14-13(7-4-8-13)12-15-11(9-16-12)10-5-2-1-3-6-10/h1-3,5-6,9H,4,7-8,14H2. The van der Waals surface area contributed by atoms with Gasteiger partial charge in [0.1, 0.15) is 12.0 Å². The van der Waals surface area contributed by atoms with Crippen molar-refractivity contribution in [1.29, 1.82) is 0 Å². The smallest absolute Gasteiger partial charge is 0.214 e. The van der Waals surface area contributed by atoms with Crippen molar-refractivity contribution in [3.05, 3.63) is 42.5 Å². The van der Waals surface area contributed by atoms with Gasteiger partial charge in [-0.3, -0.25) is 0 Å². The molecule has 16 heavy (non-hydrogen) atoms. The monoisotopic (exact) mass is 214 g/mol. The highest BCUT2D eigenvalue weighted by atomic mass is 16.3. The predicted octanol–water partition coefficient (Wildman–Crippen LogP) is 2.68. The molecule has 0 saturated heterocycles. The Kier molecular flexibility index (Phi) is 2.07. The molecule has 0 amide bonds. The maximum atomic E-state index is 6.16. The van der Waals surface area contributed by atoms with E-state index in [1.165, 1.54) is 6.42 Å². The lowest BCUT2D eigenvalue weighted by Gasteiger charge is -2.34. The van der Waals surface area contributed by atoms with E-state index in [4.69, 9.17) is 10.2 Å². The Hall–Kier alpha value is -1.61. The van der Waals surface area contributed by atoms with E-state index in [0.29, 0.717) is 5.89 Å². The van der Waals surface area contributed by atoms with E-state index >= 15 is 0 Å². The van der Waals surface area contributed by atoms with Crippen molar-refractivity contribution >= 4 is 0 Å². The van der Waals surface area contributed by atoms with Crippen LogP contribution in [0.3, 0.4) is 0 Å². The molecule has 82 valence electrons. The molecule has 0 aliphatic heterocycles. The molecule has 2 N–H and O–H groups in total. The lowest BCUT2D eigenvalue weighted by Crippen LogP contribution is -2.43. The van der Waals surface area contributed by atoms with Crippen LogP contribution in [0.15, 0.2) is 41.0 Å². The molecular weight excluding hydrogens is 200 g/mol. The summed E-state index contributed by atoms with van der Waals surface area (Å²) in [4.78, 5) is 4.48. The molecule has 0 spiro atoms. The zero-order valence-corrected chi connectivity index (χ0v) is 9.02. The third-order valence-electron chi connectivity index (χ3n) is 3.25. The Balaban J connectivity index is 1.94. The fourth-order valence-electron chi connectivity index (χ4n) is 2.02. The average Bonchev–Trinajstić information content (AvgIpc) is 2.77. The van der Waals surface area contributed by atoms with Gasteiger partial charge >= 0.3 is 0 Å². The first-order chi connectivity index (χ1) is 7.78. The molecule has 3 rings (SSSR count). The van der Waals surface area contributed by atoms with Crippen LogP contribution in [0.25, 0.3) is 11.3 Å². The molecule has 1 fully saturated rings. The zero-order chi connectivity index (χ0) is 11.0. The molecule has 1 aromatic heterocycles. The fourth-order valence-corrected chi connectivity index (χ4v) is 2.02. The molecule has 1 saturated carbocycles. The first kappa shape index (κ1) is 9.60. The third kappa shape index (κ3) is 1.44. The number of nitrogens with two attached hydrogens (primary N) is 1. The lowest BCUT2D eigenvalue weighted by molar-refractivity contribution is 0.199. The van der Waals surface area contributed by atoms with Crippen molar-refractivity contribution in [2.75, 3.05) is 0 Å². The van der Waals surface area contributed by atoms with Crippen LogP contribution in [0.4, 0.5) is 0 Å². The van der Waals surface area contributed by atoms with Crippen molar-refractivity contribution in [1.82, 2.24) is 4.98 Å². The van der Waals surface area contributed by atoms with Crippen molar-refractivity contribution in [2.24, 2.45) is 5.73 Å². The molecule has 3 nitrogen and oxygen atoms in total. The van der Waals surface area contributed by atoms with Gasteiger partial charge in [0.2, 0.25) is 5.89 Å². The molecule has 1 heterocycles. The molecular formula is C13H14N2O. The number of hydrogen-bond acceptors (Lipinski definition) is 3. The minimum atomic E-state index is -0.312. The van der Waals surface area contributed by atoms with Crippen molar-refractivity contribution in [2.45, 2.75) is 24.8 Å². The van der Waals surface area contributed by atoms with Crippen LogP contribution in [0, 0.1) is 0 Å². The quantitative estimate of drug-likeness (QED) is 0.836. The first-order valence-corrected chi connectivity index (χ1v) is 5.58. The summed E-state index contributed by atoms with van der Waals surface area (Å²) in [5, 5.41) is 0. The highest BCUT2D eigenvalue weighted by molar-refractivity contribution is 5.57. The predicted molar refractivity (Wildman–Crippen MR) is 61.7 cm³/mol.